The van der Waals surface area contributed by atoms with Gasteiger partial charge in [0.25, 0.3) is 0 Å². The average Bonchev–Trinajstić information content (AvgIpc) is 3.22. The van der Waals surface area contributed by atoms with Gasteiger partial charge in [-0.2, -0.15) is 0 Å². The van der Waals surface area contributed by atoms with Gasteiger partial charge in [-0.25, -0.2) is 13.4 Å². The van der Waals surface area contributed by atoms with Crippen LogP contribution in [0.5, 0.6) is 5.88 Å². The van der Waals surface area contributed by atoms with Crippen molar-refractivity contribution < 1.29 is 13.2 Å². The van der Waals surface area contributed by atoms with E-state index in [0.29, 0.717) is 30.8 Å². The van der Waals surface area contributed by atoms with E-state index in [-0.39, 0.29) is 0 Å². The molecule has 1 heterocycles. The first kappa shape index (κ1) is 15.1. The molecule has 1 saturated carbocycles. The molecule has 0 aliphatic heterocycles. The number of hydrogen-bond acceptors (Lipinski definition) is 5. The lowest BCUT2D eigenvalue weighted by Gasteiger charge is -2.15. The van der Waals surface area contributed by atoms with E-state index in [1.807, 2.05) is 6.92 Å². The molecule has 0 amide bonds. The number of nitrogens with one attached hydrogen (secondary N) is 2. The highest BCUT2D eigenvalue weighted by molar-refractivity contribution is 7.93. The van der Waals surface area contributed by atoms with Gasteiger partial charge in [0, 0.05) is 18.7 Å². The van der Waals surface area contributed by atoms with E-state index in [0.717, 1.165) is 12.8 Å². The van der Waals surface area contributed by atoms with E-state index >= 15 is 0 Å². The second-order valence-corrected chi connectivity index (χ2v) is 7.06. The molecule has 0 saturated heterocycles. The van der Waals surface area contributed by atoms with Gasteiger partial charge < -0.3 is 10.1 Å². The third-order valence-corrected chi connectivity index (χ3v) is 4.84. The summed E-state index contributed by atoms with van der Waals surface area (Å²) in [6.07, 6.45) is 3.75. The SMILES string of the molecule is CCOc1ccc(NS(=O)(=O)C(C)CNC2CC2)cn1. The fraction of sp³-hybridized carbons (Fsp3) is 0.615. The summed E-state index contributed by atoms with van der Waals surface area (Å²) >= 11 is 0. The number of ether oxygens (including phenoxy) is 1. The molecule has 1 atom stereocenters. The molecule has 0 aromatic carbocycles. The maximum absolute atomic E-state index is 12.1. The molecular formula is C13H21N3O3S. The van der Waals surface area contributed by atoms with Gasteiger partial charge in [0.2, 0.25) is 15.9 Å². The fourth-order valence-electron chi connectivity index (χ4n) is 1.67. The van der Waals surface area contributed by atoms with E-state index in [4.69, 9.17) is 4.74 Å². The van der Waals surface area contributed by atoms with Crippen molar-refractivity contribution in [1.82, 2.24) is 10.3 Å². The van der Waals surface area contributed by atoms with Crippen LogP contribution in [-0.2, 0) is 10.0 Å². The molecule has 1 fully saturated rings. The highest BCUT2D eigenvalue weighted by Crippen LogP contribution is 2.19. The van der Waals surface area contributed by atoms with E-state index in [9.17, 15) is 8.42 Å². The minimum atomic E-state index is -3.40. The summed E-state index contributed by atoms with van der Waals surface area (Å²) < 4.78 is 32.0. The lowest BCUT2D eigenvalue weighted by molar-refractivity contribution is 0.327. The Kier molecular flexibility index (Phi) is 4.82. The van der Waals surface area contributed by atoms with Gasteiger partial charge in [0.1, 0.15) is 0 Å². The maximum Gasteiger partial charge on any atom is 0.236 e. The molecule has 2 N–H and O–H groups in total. The molecule has 0 bridgehead atoms. The Labute approximate surface area is 120 Å². The van der Waals surface area contributed by atoms with Gasteiger partial charge in [-0.15, -0.1) is 0 Å². The Morgan fingerprint density at radius 2 is 2.20 bits per heavy atom. The van der Waals surface area contributed by atoms with Crippen LogP contribution in [0.1, 0.15) is 26.7 Å². The first-order valence-corrected chi connectivity index (χ1v) is 8.39. The van der Waals surface area contributed by atoms with Crippen LogP contribution in [0.25, 0.3) is 0 Å². The van der Waals surface area contributed by atoms with Crippen molar-refractivity contribution in [3.8, 4) is 5.88 Å². The minimum Gasteiger partial charge on any atom is -0.478 e. The van der Waals surface area contributed by atoms with Crippen molar-refractivity contribution in [2.75, 3.05) is 17.9 Å². The first-order valence-electron chi connectivity index (χ1n) is 6.85. The third kappa shape index (κ3) is 4.35. The normalized spacial score (nSPS) is 16.7. The summed E-state index contributed by atoms with van der Waals surface area (Å²) in [6.45, 7) is 4.55. The van der Waals surface area contributed by atoms with Crippen LogP contribution in [-0.4, -0.2) is 37.8 Å². The summed E-state index contributed by atoms with van der Waals surface area (Å²) in [6, 6.07) is 3.80. The van der Waals surface area contributed by atoms with Gasteiger partial charge in [-0.05, 0) is 32.8 Å². The van der Waals surface area contributed by atoms with Crippen LogP contribution in [0.2, 0.25) is 0 Å². The zero-order valence-electron chi connectivity index (χ0n) is 11.8. The topological polar surface area (TPSA) is 80.3 Å². The molecule has 0 radical (unpaired) electrons. The van der Waals surface area contributed by atoms with Crippen LogP contribution < -0.4 is 14.8 Å². The van der Waals surface area contributed by atoms with Crippen LogP contribution in [0, 0.1) is 0 Å². The average molecular weight is 299 g/mol. The molecule has 1 aliphatic carbocycles. The van der Waals surface area contributed by atoms with E-state index in [1.165, 1.54) is 6.20 Å². The Morgan fingerprint density at radius 1 is 1.45 bits per heavy atom. The van der Waals surface area contributed by atoms with Gasteiger partial charge in [-0.3, -0.25) is 4.72 Å². The minimum absolute atomic E-state index is 0.451. The summed E-state index contributed by atoms with van der Waals surface area (Å²) in [5.41, 5.74) is 0.451. The quantitative estimate of drug-likeness (QED) is 0.757. The van der Waals surface area contributed by atoms with Crippen LogP contribution in [0.3, 0.4) is 0 Å². The third-order valence-electron chi connectivity index (χ3n) is 3.09. The molecule has 112 valence electrons. The first-order chi connectivity index (χ1) is 9.51. The maximum atomic E-state index is 12.1. The fourth-order valence-corrected chi connectivity index (χ4v) is 2.63. The largest absolute Gasteiger partial charge is 0.478 e. The molecule has 2 rings (SSSR count). The van der Waals surface area contributed by atoms with Gasteiger partial charge in [0.05, 0.1) is 23.7 Å². The Bertz CT molecular complexity index is 526. The van der Waals surface area contributed by atoms with E-state index < -0.39 is 15.3 Å². The molecule has 1 unspecified atom stereocenters. The second kappa shape index (κ2) is 6.41. The zero-order chi connectivity index (χ0) is 14.6. The number of hydrogen-bond donors (Lipinski definition) is 2. The van der Waals surface area contributed by atoms with Crippen molar-refractivity contribution in [2.24, 2.45) is 0 Å². The molecule has 6 nitrogen and oxygen atoms in total. The zero-order valence-corrected chi connectivity index (χ0v) is 12.6. The van der Waals surface area contributed by atoms with Crippen molar-refractivity contribution in [2.45, 2.75) is 38.0 Å². The van der Waals surface area contributed by atoms with Crippen molar-refractivity contribution in [1.29, 1.82) is 0 Å². The van der Waals surface area contributed by atoms with E-state index in [1.54, 1.807) is 19.1 Å². The number of pyridine rings is 1. The molecule has 7 heteroatoms. The number of anilines is 1. The number of sulfonamides is 1. The standard InChI is InChI=1S/C13H21N3O3S/c1-3-19-13-7-6-12(9-15-13)16-20(17,18)10(2)8-14-11-4-5-11/h6-7,9-11,14,16H,3-5,8H2,1-2H3. The Morgan fingerprint density at radius 3 is 2.75 bits per heavy atom. The summed E-state index contributed by atoms with van der Waals surface area (Å²) in [4.78, 5) is 4.03. The number of nitrogens with zero attached hydrogens (tertiary/aromatic N) is 1. The monoisotopic (exact) mass is 299 g/mol. The summed E-state index contributed by atoms with van der Waals surface area (Å²) in [7, 11) is -3.40. The predicted molar refractivity (Wildman–Crippen MR) is 78.4 cm³/mol. The van der Waals surface area contributed by atoms with Crippen LogP contribution in [0.4, 0.5) is 5.69 Å². The Hall–Kier alpha value is -1.34. The van der Waals surface area contributed by atoms with E-state index in [2.05, 4.69) is 15.0 Å². The molecule has 1 aromatic heterocycles. The van der Waals surface area contributed by atoms with Gasteiger partial charge >= 0.3 is 0 Å². The predicted octanol–water partition coefficient (Wildman–Crippen LogP) is 1.36. The van der Waals surface area contributed by atoms with Crippen molar-refractivity contribution in [3.63, 3.8) is 0 Å². The molecule has 0 spiro atoms. The lowest BCUT2D eigenvalue weighted by Crippen LogP contribution is -2.35. The highest BCUT2D eigenvalue weighted by atomic mass is 32.2. The second-order valence-electron chi connectivity index (χ2n) is 4.96. The molecule has 20 heavy (non-hydrogen) atoms. The van der Waals surface area contributed by atoms with Crippen molar-refractivity contribution >= 4 is 15.7 Å². The molecule has 1 aromatic rings. The summed E-state index contributed by atoms with van der Waals surface area (Å²) in [5, 5.41) is 2.73. The smallest absolute Gasteiger partial charge is 0.236 e. The van der Waals surface area contributed by atoms with Crippen LogP contribution in [0.15, 0.2) is 18.3 Å². The molecule has 1 aliphatic rings. The summed E-state index contributed by atoms with van der Waals surface area (Å²) in [5.74, 6) is 0.485. The Balaban J connectivity index is 1.91. The number of rotatable bonds is 8. The number of aromatic nitrogens is 1. The lowest BCUT2D eigenvalue weighted by atomic mass is 10.4. The van der Waals surface area contributed by atoms with Gasteiger partial charge in [0.15, 0.2) is 0 Å². The van der Waals surface area contributed by atoms with Crippen LogP contribution >= 0.6 is 0 Å². The molecular weight excluding hydrogens is 278 g/mol. The highest BCUT2D eigenvalue weighted by Gasteiger charge is 2.25. The van der Waals surface area contributed by atoms with Gasteiger partial charge in [-0.1, -0.05) is 0 Å². The van der Waals surface area contributed by atoms with Crippen molar-refractivity contribution in [3.05, 3.63) is 18.3 Å².